The summed E-state index contributed by atoms with van der Waals surface area (Å²) >= 11 is 0. The van der Waals surface area contributed by atoms with Gasteiger partial charge in [0.05, 0.1) is 6.10 Å². The van der Waals surface area contributed by atoms with Crippen molar-refractivity contribution in [1.29, 1.82) is 0 Å². The summed E-state index contributed by atoms with van der Waals surface area (Å²) in [6.45, 7) is 13.9. The van der Waals surface area contributed by atoms with E-state index in [9.17, 15) is 28.8 Å². The van der Waals surface area contributed by atoms with Crippen LogP contribution in [-0.2, 0) is 24.1 Å². The standard InChI is InChI=1S/C18H28FN3O7.C7H16/c1-6-10(2)14(16(26)29-19)21-15(25)12-7-11(23)9-22(12)13(24)8-20-17(27)28-18(3,4)5;1-3-5-7-6-4-2/h6,10-12,14,23H,1,7-9H2,2-5H3,(H,20,27)(H,21,25);3-7H2,1-2H3. The first-order valence-corrected chi connectivity index (χ1v) is 12.5. The predicted octanol–water partition coefficient (Wildman–Crippen LogP) is 3.18. The van der Waals surface area contributed by atoms with Gasteiger partial charge in [0.2, 0.25) is 11.8 Å². The second-order valence-corrected chi connectivity index (χ2v) is 9.84. The largest absolute Gasteiger partial charge is 0.444 e. The lowest BCUT2D eigenvalue weighted by Gasteiger charge is -2.27. The van der Waals surface area contributed by atoms with Gasteiger partial charge in [-0.15, -0.1) is 6.58 Å². The zero-order valence-electron chi connectivity index (χ0n) is 22.5. The Balaban J connectivity index is 0.00000152. The minimum absolute atomic E-state index is 0.0795. The van der Waals surface area contributed by atoms with Crippen LogP contribution >= 0.6 is 0 Å². The molecule has 1 heterocycles. The Labute approximate surface area is 213 Å². The first kappa shape index (κ1) is 33.3. The molecule has 1 fully saturated rings. The fourth-order valence-electron chi connectivity index (χ4n) is 3.42. The molecule has 11 heteroatoms. The van der Waals surface area contributed by atoms with Crippen LogP contribution in [0.5, 0.6) is 0 Å². The number of β-amino-alcohol motifs (C(OH)–C–C–N with tert-alkyl or cyclic N) is 1. The van der Waals surface area contributed by atoms with Crippen LogP contribution in [0.1, 0.15) is 80.1 Å². The van der Waals surface area contributed by atoms with E-state index in [0.717, 1.165) is 4.90 Å². The van der Waals surface area contributed by atoms with Crippen LogP contribution in [0.3, 0.4) is 0 Å². The van der Waals surface area contributed by atoms with E-state index in [0.29, 0.717) is 0 Å². The summed E-state index contributed by atoms with van der Waals surface area (Å²) in [7, 11) is 0. The number of carbonyl (C=O) groups is 4. The molecule has 0 spiro atoms. The first-order chi connectivity index (χ1) is 16.8. The molecule has 1 saturated heterocycles. The number of nitrogens with zero attached hydrogens (tertiary/aromatic N) is 1. The molecule has 3 amide bonds. The molecule has 4 unspecified atom stereocenters. The molecule has 10 nitrogen and oxygen atoms in total. The highest BCUT2D eigenvalue weighted by atomic mass is 19.3. The summed E-state index contributed by atoms with van der Waals surface area (Å²) in [5.74, 6) is -3.36. The molecule has 208 valence electrons. The summed E-state index contributed by atoms with van der Waals surface area (Å²) in [6, 6.07) is -2.45. The van der Waals surface area contributed by atoms with E-state index in [1.807, 2.05) is 0 Å². The van der Waals surface area contributed by atoms with E-state index < -0.39 is 60.1 Å². The summed E-state index contributed by atoms with van der Waals surface area (Å²) < 4.78 is 17.4. The Kier molecular flexibility index (Phi) is 15.6. The van der Waals surface area contributed by atoms with Crippen molar-refractivity contribution in [2.75, 3.05) is 13.1 Å². The van der Waals surface area contributed by atoms with Gasteiger partial charge in [0.15, 0.2) is 0 Å². The SMILES string of the molecule is C=CC(C)C(NC(=O)C1CC(O)CN1C(=O)CNC(=O)OC(C)(C)C)C(=O)OF.CCCCCCC. The van der Waals surface area contributed by atoms with Crippen molar-refractivity contribution in [3.05, 3.63) is 12.7 Å². The fourth-order valence-corrected chi connectivity index (χ4v) is 3.42. The van der Waals surface area contributed by atoms with Gasteiger partial charge in [-0.1, -0.05) is 59.0 Å². The third-order valence-electron chi connectivity index (χ3n) is 5.42. The Morgan fingerprint density at radius 3 is 2.22 bits per heavy atom. The molecule has 1 rings (SSSR count). The molecule has 1 aliphatic heterocycles. The Bertz CT molecular complexity index is 723. The molecule has 0 aromatic heterocycles. The number of unbranched alkanes of at least 4 members (excludes halogenated alkanes) is 4. The zero-order valence-corrected chi connectivity index (χ0v) is 22.5. The van der Waals surface area contributed by atoms with Gasteiger partial charge in [-0.2, -0.15) is 0 Å². The number of hydrogen-bond acceptors (Lipinski definition) is 7. The number of amides is 3. The average Bonchev–Trinajstić information content (AvgIpc) is 3.21. The van der Waals surface area contributed by atoms with Gasteiger partial charge < -0.3 is 25.4 Å². The number of likely N-dealkylation sites (tertiary alicyclic amines) is 1. The molecule has 0 aromatic carbocycles. The fraction of sp³-hybridized carbons (Fsp3) is 0.760. The first-order valence-electron chi connectivity index (χ1n) is 12.5. The van der Waals surface area contributed by atoms with Crippen molar-refractivity contribution in [3.63, 3.8) is 0 Å². The maximum Gasteiger partial charge on any atom is 0.408 e. The number of aliphatic hydroxyl groups excluding tert-OH is 1. The number of hydrogen-bond donors (Lipinski definition) is 3. The number of carbonyl (C=O) groups excluding carboxylic acids is 4. The van der Waals surface area contributed by atoms with Gasteiger partial charge in [0.25, 0.3) is 0 Å². The molecule has 3 N–H and O–H groups in total. The lowest BCUT2D eigenvalue weighted by Crippen LogP contribution is -2.54. The second kappa shape index (κ2) is 16.9. The topological polar surface area (TPSA) is 134 Å². The summed E-state index contributed by atoms with van der Waals surface area (Å²) in [5.41, 5.74) is -0.749. The number of rotatable bonds is 11. The van der Waals surface area contributed by atoms with Crippen LogP contribution in [0.25, 0.3) is 0 Å². The number of ether oxygens (including phenoxy) is 1. The van der Waals surface area contributed by atoms with Crippen LogP contribution < -0.4 is 10.6 Å². The van der Waals surface area contributed by atoms with Gasteiger partial charge in [-0.05, 0) is 20.8 Å². The number of alkyl carbamates (subject to hydrolysis) is 1. The van der Waals surface area contributed by atoms with Crippen LogP contribution in [0.15, 0.2) is 12.7 Å². The molecule has 0 saturated carbocycles. The van der Waals surface area contributed by atoms with Gasteiger partial charge in [0.1, 0.15) is 24.2 Å². The Morgan fingerprint density at radius 2 is 1.75 bits per heavy atom. The van der Waals surface area contributed by atoms with Crippen molar-refractivity contribution in [2.45, 2.75) is 104 Å². The highest BCUT2D eigenvalue weighted by Crippen LogP contribution is 2.19. The van der Waals surface area contributed by atoms with E-state index in [1.165, 1.54) is 45.1 Å². The number of halogens is 1. The minimum Gasteiger partial charge on any atom is -0.444 e. The summed E-state index contributed by atoms with van der Waals surface area (Å²) in [5, 5.41) is 14.5. The predicted molar refractivity (Wildman–Crippen MR) is 133 cm³/mol. The van der Waals surface area contributed by atoms with E-state index >= 15 is 0 Å². The van der Waals surface area contributed by atoms with Crippen molar-refractivity contribution in [1.82, 2.24) is 15.5 Å². The van der Waals surface area contributed by atoms with Gasteiger partial charge in [-0.25, -0.2) is 9.59 Å². The minimum atomic E-state index is -1.35. The van der Waals surface area contributed by atoms with Gasteiger partial charge >= 0.3 is 12.1 Å². The van der Waals surface area contributed by atoms with Crippen molar-refractivity contribution in [3.8, 4) is 0 Å². The van der Waals surface area contributed by atoms with Crippen molar-refractivity contribution >= 4 is 23.9 Å². The van der Waals surface area contributed by atoms with Crippen molar-refractivity contribution in [2.24, 2.45) is 5.92 Å². The lowest BCUT2D eigenvalue weighted by molar-refractivity contribution is -0.187. The molecule has 4 atom stereocenters. The molecular formula is C25H44FN3O7. The van der Waals surface area contributed by atoms with Crippen LogP contribution in [0, 0.1) is 5.92 Å². The number of nitrogens with one attached hydrogen (secondary N) is 2. The molecule has 36 heavy (non-hydrogen) atoms. The van der Waals surface area contributed by atoms with Gasteiger partial charge in [-0.3, -0.25) is 14.5 Å². The highest BCUT2D eigenvalue weighted by molar-refractivity contribution is 5.92. The molecular weight excluding hydrogens is 473 g/mol. The maximum atomic E-state index is 12.6. The van der Waals surface area contributed by atoms with Crippen LogP contribution in [-0.4, -0.2) is 70.8 Å². The van der Waals surface area contributed by atoms with E-state index in [2.05, 4.69) is 36.0 Å². The second-order valence-electron chi connectivity index (χ2n) is 9.84. The normalized spacial score (nSPS) is 18.7. The van der Waals surface area contributed by atoms with Crippen molar-refractivity contribution < 1.29 is 38.5 Å². The molecule has 0 aromatic rings. The molecule has 0 radical (unpaired) electrons. The Morgan fingerprint density at radius 1 is 1.17 bits per heavy atom. The Hall–Kier alpha value is -2.69. The van der Waals surface area contributed by atoms with E-state index in [1.54, 1.807) is 20.8 Å². The van der Waals surface area contributed by atoms with Crippen LogP contribution in [0.2, 0.25) is 0 Å². The molecule has 0 bridgehead atoms. The third-order valence-corrected chi connectivity index (χ3v) is 5.42. The number of aliphatic hydroxyl groups is 1. The maximum absolute atomic E-state index is 12.6. The summed E-state index contributed by atoms with van der Waals surface area (Å²) in [6.07, 6.45) is 6.48. The molecule has 0 aliphatic carbocycles. The summed E-state index contributed by atoms with van der Waals surface area (Å²) in [4.78, 5) is 52.6. The monoisotopic (exact) mass is 517 g/mol. The van der Waals surface area contributed by atoms with E-state index in [-0.39, 0.29) is 13.0 Å². The molecule has 1 aliphatic rings. The smallest absolute Gasteiger partial charge is 0.408 e. The third kappa shape index (κ3) is 12.9. The zero-order chi connectivity index (χ0) is 27.9. The van der Waals surface area contributed by atoms with Gasteiger partial charge in [0, 0.05) is 23.4 Å². The van der Waals surface area contributed by atoms with E-state index in [4.69, 9.17) is 4.74 Å². The average molecular weight is 518 g/mol. The van der Waals surface area contributed by atoms with Crippen LogP contribution in [0.4, 0.5) is 9.32 Å². The highest BCUT2D eigenvalue weighted by Gasteiger charge is 2.41. The lowest BCUT2D eigenvalue weighted by atomic mass is 10.0. The quantitative estimate of drug-likeness (QED) is 0.283.